The van der Waals surface area contributed by atoms with Crippen molar-refractivity contribution in [2.24, 2.45) is 0 Å². The van der Waals surface area contributed by atoms with Crippen LogP contribution < -0.4 is 14.8 Å². The highest BCUT2D eigenvalue weighted by Gasteiger charge is 2.41. The molecular weight excluding hydrogens is 598 g/mol. The van der Waals surface area contributed by atoms with Gasteiger partial charge in [-0.2, -0.15) is 0 Å². The molecule has 0 radical (unpaired) electrons. The number of benzene rings is 4. The fraction of sp³-hybridized carbons (Fsp3) is 0.231. The second kappa shape index (κ2) is 14.1. The maximum absolute atomic E-state index is 14.1. The molecule has 234 valence electrons. The number of carbonyl (C=O) groups is 2. The Hall–Kier alpha value is -4.81. The zero-order chi connectivity index (χ0) is 32.0. The molecule has 0 amide bonds. The van der Waals surface area contributed by atoms with Crippen molar-refractivity contribution >= 4 is 23.4 Å². The molecule has 0 saturated carbocycles. The Bertz CT molecular complexity index is 1780. The molecule has 1 aliphatic heterocycles. The van der Waals surface area contributed by atoms with Crippen LogP contribution in [0.2, 0.25) is 5.02 Å². The average Bonchev–Trinajstić information content (AvgIpc) is 3.07. The molecule has 4 aromatic carbocycles. The van der Waals surface area contributed by atoms with E-state index in [1.807, 2.05) is 110 Å². The summed E-state index contributed by atoms with van der Waals surface area (Å²) in [6.07, 6.45) is 1.54. The summed E-state index contributed by atoms with van der Waals surface area (Å²) in [7, 11) is 1.59. The standard InChI is InChI=1S/C39H36ClNO5/c1-25-36(39(43)45-20-19-26-9-5-3-6-10-26)37(29-15-18-34(35(23-29)44-2)46-24-27-11-7-4-8-12-27)38-32(41-25)21-30(22-33(38)42)28-13-16-31(40)17-14-28/h3-18,23,30,37,41H,19-22,24H2,1-2H3/t30-,37-/m1/s1. The maximum atomic E-state index is 14.1. The Morgan fingerprint density at radius 1 is 0.848 bits per heavy atom. The summed E-state index contributed by atoms with van der Waals surface area (Å²) in [6, 6.07) is 33.1. The third-order valence-electron chi connectivity index (χ3n) is 8.61. The Kier molecular flexibility index (Phi) is 9.55. The Morgan fingerprint density at radius 2 is 1.52 bits per heavy atom. The fourth-order valence-corrected chi connectivity index (χ4v) is 6.44. The maximum Gasteiger partial charge on any atom is 0.336 e. The van der Waals surface area contributed by atoms with Gasteiger partial charge in [-0.15, -0.1) is 0 Å². The summed E-state index contributed by atoms with van der Waals surface area (Å²) >= 11 is 6.14. The van der Waals surface area contributed by atoms with Crippen molar-refractivity contribution in [1.82, 2.24) is 5.32 Å². The first-order chi connectivity index (χ1) is 22.4. The van der Waals surface area contributed by atoms with Crippen LogP contribution in [0.15, 0.2) is 126 Å². The van der Waals surface area contributed by atoms with Crippen LogP contribution in [0.5, 0.6) is 11.5 Å². The number of esters is 1. The first-order valence-corrected chi connectivity index (χ1v) is 15.8. The van der Waals surface area contributed by atoms with Crippen molar-refractivity contribution in [2.45, 2.75) is 44.6 Å². The van der Waals surface area contributed by atoms with E-state index in [1.165, 1.54) is 0 Å². The largest absolute Gasteiger partial charge is 0.493 e. The SMILES string of the molecule is COc1cc([C@@H]2C(C(=O)OCCc3ccccc3)=C(C)NC3=C2C(=O)C[C@H](c2ccc(Cl)cc2)C3)ccc1OCc1ccccc1. The molecule has 0 saturated heterocycles. The predicted octanol–water partition coefficient (Wildman–Crippen LogP) is 8.08. The number of hydrogen-bond donors (Lipinski definition) is 1. The Labute approximate surface area is 274 Å². The van der Waals surface area contributed by atoms with E-state index in [0.717, 1.165) is 28.0 Å². The van der Waals surface area contributed by atoms with Crippen molar-refractivity contribution in [2.75, 3.05) is 13.7 Å². The highest BCUT2D eigenvalue weighted by molar-refractivity contribution is 6.30. The van der Waals surface area contributed by atoms with Crippen LogP contribution in [0.1, 0.15) is 53.9 Å². The van der Waals surface area contributed by atoms with Gasteiger partial charge in [0.2, 0.25) is 0 Å². The summed E-state index contributed by atoms with van der Waals surface area (Å²) in [4.78, 5) is 27.9. The monoisotopic (exact) mass is 633 g/mol. The van der Waals surface area contributed by atoms with Gasteiger partial charge >= 0.3 is 5.97 Å². The number of rotatable bonds is 10. The normalized spacial score (nSPS) is 17.7. The summed E-state index contributed by atoms with van der Waals surface area (Å²) < 4.78 is 17.7. The molecule has 0 unspecified atom stereocenters. The molecule has 4 aromatic rings. The number of methoxy groups -OCH3 is 1. The fourth-order valence-electron chi connectivity index (χ4n) is 6.32. The number of allylic oxidation sites excluding steroid dienone is 3. The van der Waals surface area contributed by atoms with E-state index in [-0.39, 0.29) is 18.3 Å². The van der Waals surface area contributed by atoms with Gasteiger partial charge in [0.25, 0.3) is 0 Å². The van der Waals surface area contributed by atoms with Gasteiger partial charge in [-0.05, 0) is 65.8 Å². The summed E-state index contributed by atoms with van der Waals surface area (Å²) in [6.45, 7) is 2.47. The quantitative estimate of drug-likeness (QED) is 0.178. The van der Waals surface area contributed by atoms with Gasteiger partial charge < -0.3 is 19.5 Å². The Morgan fingerprint density at radius 3 is 2.22 bits per heavy atom. The first-order valence-electron chi connectivity index (χ1n) is 15.5. The van der Waals surface area contributed by atoms with Crippen LogP contribution in [-0.4, -0.2) is 25.5 Å². The molecular formula is C39H36ClNO5. The zero-order valence-corrected chi connectivity index (χ0v) is 26.7. The molecule has 0 fully saturated rings. The van der Waals surface area contributed by atoms with Gasteiger partial charge in [0.15, 0.2) is 17.3 Å². The highest BCUT2D eigenvalue weighted by Crippen LogP contribution is 2.47. The highest BCUT2D eigenvalue weighted by atomic mass is 35.5. The van der Waals surface area contributed by atoms with Gasteiger partial charge in [-0.25, -0.2) is 4.79 Å². The minimum atomic E-state index is -0.629. The van der Waals surface area contributed by atoms with Gasteiger partial charge in [0.1, 0.15) is 6.61 Å². The number of dihydropyridines is 1. The number of carbonyl (C=O) groups excluding carboxylic acids is 2. The minimum Gasteiger partial charge on any atom is -0.493 e. The van der Waals surface area contributed by atoms with Gasteiger partial charge in [0.05, 0.1) is 19.3 Å². The van der Waals surface area contributed by atoms with Gasteiger partial charge in [-0.3, -0.25) is 4.79 Å². The smallest absolute Gasteiger partial charge is 0.336 e. The second-order valence-corrected chi connectivity index (χ2v) is 12.1. The first kappa shape index (κ1) is 31.2. The lowest BCUT2D eigenvalue weighted by Gasteiger charge is -2.37. The molecule has 0 aromatic heterocycles. The van der Waals surface area contributed by atoms with Crippen LogP contribution in [-0.2, 0) is 27.4 Å². The van der Waals surface area contributed by atoms with Crippen molar-refractivity contribution in [3.05, 3.63) is 153 Å². The van der Waals surface area contributed by atoms with E-state index in [1.54, 1.807) is 7.11 Å². The lowest BCUT2D eigenvalue weighted by atomic mass is 9.71. The molecule has 0 spiro atoms. The number of Topliss-reactive ketones (excluding diaryl/α,β-unsaturated/α-hetero) is 1. The summed E-state index contributed by atoms with van der Waals surface area (Å²) in [5, 5.41) is 4.09. The van der Waals surface area contributed by atoms with Crippen LogP contribution >= 0.6 is 11.6 Å². The van der Waals surface area contributed by atoms with Crippen LogP contribution in [0.25, 0.3) is 0 Å². The predicted molar refractivity (Wildman–Crippen MR) is 179 cm³/mol. The molecule has 2 atom stereocenters. The molecule has 2 aliphatic rings. The van der Waals surface area contributed by atoms with Crippen LogP contribution in [0, 0.1) is 0 Å². The molecule has 0 bridgehead atoms. The second-order valence-electron chi connectivity index (χ2n) is 11.6. The molecule has 7 heteroatoms. The van der Waals surface area contributed by atoms with Gasteiger partial charge in [0, 0.05) is 40.7 Å². The van der Waals surface area contributed by atoms with Crippen LogP contribution in [0.4, 0.5) is 0 Å². The van der Waals surface area contributed by atoms with E-state index >= 15 is 0 Å². The third-order valence-corrected chi connectivity index (χ3v) is 8.87. The minimum absolute atomic E-state index is 0.00728. The number of ether oxygens (including phenoxy) is 3. The number of halogens is 1. The molecule has 6 rings (SSSR count). The van der Waals surface area contributed by atoms with Crippen molar-refractivity contribution in [1.29, 1.82) is 0 Å². The van der Waals surface area contributed by atoms with E-state index in [9.17, 15) is 9.59 Å². The van der Waals surface area contributed by atoms with Crippen molar-refractivity contribution in [3.63, 3.8) is 0 Å². The van der Waals surface area contributed by atoms with E-state index in [0.29, 0.717) is 59.2 Å². The molecule has 6 nitrogen and oxygen atoms in total. The third kappa shape index (κ3) is 6.87. The van der Waals surface area contributed by atoms with E-state index in [4.69, 9.17) is 25.8 Å². The molecule has 1 N–H and O–H groups in total. The van der Waals surface area contributed by atoms with E-state index in [2.05, 4.69) is 5.32 Å². The summed E-state index contributed by atoms with van der Waals surface area (Å²) in [5.74, 6) is -0.00412. The molecule has 46 heavy (non-hydrogen) atoms. The van der Waals surface area contributed by atoms with Crippen molar-refractivity contribution < 1.29 is 23.8 Å². The topological polar surface area (TPSA) is 73.9 Å². The Balaban J connectivity index is 1.33. The van der Waals surface area contributed by atoms with Gasteiger partial charge in [-0.1, -0.05) is 90.5 Å². The van der Waals surface area contributed by atoms with E-state index < -0.39 is 11.9 Å². The lowest BCUT2D eigenvalue weighted by molar-refractivity contribution is -0.139. The molecule has 1 heterocycles. The average molecular weight is 634 g/mol. The zero-order valence-electron chi connectivity index (χ0n) is 25.9. The number of hydrogen-bond acceptors (Lipinski definition) is 6. The van der Waals surface area contributed by atoms with Crippen LogP contribution in [0.3, 0.4) is 0 Å². The van der Waals surface area contributed by atoms with Crippen molar-refractivity contribution in [3.8, 4) is 11.5 Å². The number of nitrogens with one attached hydrogen (secondary N) is 1. The molecule has 1 aliphatic carbocycles. The lowest BCUT2D eigenvalue weighted by Crippen LogP contribution is -2.36. The summed E-state index contributed by atoms with van der Waals surface area (Å²) in [5.41, 5.74) is 6.42. The number of ketones is 1.